The summed E-state index contributed by atoms with van der Waals surface area (Å²) in [6.45, 7) is 7.04. The van der Waals surface area contributed by atoms with Gasteiger partial charge in [-0.15, -0.1) is 0 Å². The van der Waals surface area contributed by atoms with Crippen LogP contribution in [-0.2, 0) is 11.3 Å². The van der Waals surface area contributed by atoms with Crippen LogP contribution in [0.5, 0.6) is 0 Å². The highest BCUT2D eigenvalue weighted by atomic mass is 35.5. The molecular formula is C17H24Cl2N2O. The maximum atomic E-state index is 6.37. The zero-order chi connectivity index (χ0) is 15.4. The van der Waals surface area contributed by atoms with E-state index in [2.05, 4.69) is 15.9 Å². The third-order valence-corrected chi connectivity index (χ3v) is 5.58. The molecule has 0 saturated carbocycles. The number of hydrogen-bond donors (Lipinski definition) is 0. The molecule has 0 amide bonds. The number of morpholine rings is 1. The molecule has 2 aliphatic rings. The van der Waals surface area contributed by atoms with Gasteiger partial charge in [-0.2, -0.15) is 0 Å². The molecule has 22 heavy (non-hydrogen) atoms. The number of halogens is 2. The second-order valence-electron chi connectivity index (χ2n) is 6.25. The van der Waals surface area contributed by atoms with E-state index in [-0.39, 0.29) is 0 Å². The Morgan fingerprint density at radius 1 is 1.09 bits per heavy atom. The fourth-order valence-corrected chi connectivity index (χ4v) is 3.83. The number of nitrogens with zero attached hydrogens (tertiary/aromatic N) is 2. The monoisotopic (exact) mass is 342 g/mol. The quantitative estimate of drug-likeness (QED) is 0.829. The molecule has 1 aromatic carbocycles. The number of ether oxygens (including phenoxy) is 1. The summed E-state index contributed by atoms with van der Waals surface area (Å²) in [6, 6.07) is 6.55. The van der Waals surface area contributed by atoms with Crippen molar-refractivity contribution in [2.45, 2.75) is 31.8 Å². The first-order chi connectivity index (χ1) is 10.7. The summed E-state index contributed by atoms with van der Waals surface area (Å²) in [7, 11) is 0. The van der Waals surface area contributed by atoms with Crippen LogP contribution in [0.2, 0.25) is 10.0 Å². The van der Waals surface area contributed by atoms with Crippen LogP contribution in [0, 0.1) is 0 Å². The lowest BCUT2D eigenvalue weighted by Crippen LogP contribution is -2.49. The van der Waals surface area contributed by atoms with Crippen LogP contribution in [0.3, 0.4) is 0 Å². The second-order valence-corrected chi connectivity index (χ2v) is 7.03. The molecule has 3 rings (SSSR count). The highest BCUT2D eigenvalue weighted by Crippen LogP contribution is 2.28. The standard InChI is InChI=1S/C17H24Cl2N2O/c18-16-6-3-4-14(17(16)19)12-21-7-2-1-5-15(21)13-20-8-10-22-11-9-20/h3-4,6,15H,1-2,5,7-13H2/t15-/m0/s1. The van der Waals surface area contributed by atoms with Gasteiger partial charge in [0.25, 0.3) is 0 Å². The van der Waals surface area contributed by atoms with Crippen molar-refractivity contribution in [2.75, 3.05) is 39.4 Å². The maximum Gasteiger partial charge on any atom is 0.0637 e. The smallest absolute Gasteiger partial charge is 0.0637 e. The van der Waals surface area contributed by atoms with Crippen LogP contribution >= 0.6 is 23.2 Å². The third-order valence-electron chi connectivity index (χ3n) is 4.73. The molecule has 0 radical (unpaired) electrons. The first-order valence-corrected chi connectivity index (χ1v) is 8.96. The summed E-state index contributed by atoms with van der Waals surface area (Å²) >= 11 is 12.5. The van der Waals surface area contributed by atoms with E-state index in [9.17, 15) is 0 Å². The van der Waals surface area contributed by atoms with Crippen molar-refractivity contribution in [3.05, 3.63) is 33.8 Å². The maximum absolute atomic E-state index is 6.37. The van der Waals surface area contributed by atoms with E-state index in [1.807, 2.05) is 12.1 Å². The Morgan fingerprint density at radius 3 is 2.73 bits per heavy atom. The summed E-state index contributed by atoms with van der Waals surface area (Å²) in [4.78, 5) is 5.11. The fourth-order valence-electron chi connectivity index (χ4n) is 3.45. The van der Waals surface area contributed by atoms with Gasteiger partial charge in [0.2, 0.25) is 0 Å². The number of rotatable bonds is 4. The predicted molar refractivity (Wildman–Crippen MR) is 91.8 cm³/mol. The van der Waals surface area contributed by atoms with Crippen LogP contribution in [0.4, 0.5) is 0 Å². The normalized spacial score (nSPS) is 24.5. The molecule has 122 valence electrons. The van der Waals surface area contributed by atoms with Gasteiger partial charge < -0.3 is 4.74 Å². The molecule has 1 atom stereocenters. The second kappa shape index (κ2) is 7.98. The van der Waals surface area contributed by atoms with Gasteiger partial charge in [-0.1, -0.05) is 41.8 Å². The van der Waals surface area contributed by atoms with Crippen molar-refractivity contribution in [2.24, 2.45) is 0 Å². The molecule has 3 nitrogen and oxygen atoms in total. The van der Waals surface area contributed by atoms with E-state index >= 15 is 0 Å². The van der Waals surface area contributed by atoms with E-state index in [4.69, 9.17) is 27.9 Å². The Balaban J connectivity index is 1.65. The molecule has 2 aliphatic heterocycles. The van der Waals surface area contributed by atoms with Crippen molar-refractivity contribution in [3.8, 4) is 0 Å². The van der Waals surface area contributed by atoms with Crippen LogP contribution < -0.4 is 0 Å². The minimum absolute atomic E-state index is 0.613. The Morgan fingerprint density at radius 2 is 1.91 bits per heavy atom. The highest BCUT2D eigenvalue weighted by Gasteiger charge is 2.26. The van der Waals surface area contributed by atoms with Crippen LogP contribution in [-0.4, -0.2) is 55.2 Å². The lowest BCUT2D eigenvalue weighted by molar-refractivity contribution is 0.0153. The lowest BCUT2D eigenvalue weighted by Gasteiger charge is -2.39. The van der Waals surface area contributed by atoms with Crippen molar-refractivity contribution in [3.63, 3.8) is 0 Å². The molecule has 0 N–H and O–H groups in total. The van der Waals surface area contributed by atoms with E-state index in [0.717, 1.165) is 51.5 Å². The van der Waals surface area contributed by atoms with Crippen LogP contribution in [0.1, 0.15) is 24.8 Å². The van der Waals surface area contributed by atoms with Crippen LogP contribution in [0.15, 0.2) is 18.2 Å². The number of piperidine rings is 1. The Hall–Kier alpha value is -0.320. The minimum atomic E-state index is 0.613. The van der Waals surface area contributed by atoms with Gasteiger partial charge in [-0.25, -0.2) is 0 Å². The fraction of sp³-hybridized carbons (Fsp3) is 0.647. The number of likely N-dealkylation sites (tertiary alicyclic amines) is 1. The van der Waals surface area contributed by atoms with Crippen molar-refractivity contribution in [1.29, 1.82) is 0 Å². The Bertz CT molecular complexity index is 492. The SMILES string of the molecule is Clc1cccc(CN2CCCC[C@H]2CN2CCOCC2)c1Cl. The summed E-state index contributed by atoms with van der Waals surface area (Å²) in [5.74, 6) is 0. The molecule has 2 fully saturated rings. The summed E-state index contributed by atoms with van der Waals surface area (Å²) < 4.78 is 5.45. The molecule has 2 saturated heterocycles. The summed E-state index contributed by atoms with van der Waals surface area (Å²) in [6.07, 6.45) is 3.88. The first-order valence-electron chi connectivity index (χ1n) is 8.21. The average molecular weight is 343 g/mol. The molecule has 0 aliphatic carbocycles. The molecule has 1 aromatic rings. The van der Waals surface area contributed by atoms with Gasteiger partial charge in [-0.05, 0) is 31.0 Å². The topological polar surface area (TPSA) is 15.7 Å². The van der Waals surface area contributed by atoms with Gasteiger partial charge >= 0.3 is 0 Å². The Labute approximate surface area is 143 Å². The molecule has 0 aromatic heterocycles. The van der Waals surface area contributed by atoms with Gasteiger partial charge in [0.05, 0.1) is 23.3 Å². The highest BCUT2D eigenvalue weighted by molar-refractivity contribution is 6.42. The van der Waals surface area contributed by atoms with Crippen molar-refractivity contribution in [1.82, 2.24) is 9.80 Å². The molecule has 0 spiro atoms. The summed E-state index contributed by atoms with van der Waals surface area (Å²) in [5.41, 5.74) is 1.14. The zero-order valence-electron chi connectivity index (χ0n) is 12.9. The predicted octanol–water partition coefficient (Wildman–Crippen LogP) is 3.68. The van der Waals surface area contributed by atoms with Gasteiger partial charge in [0, 0.05) is 32.2 Å². The number of hydrogen-bond acceptors (Lipinski definition) is 3. The average Bonchev–Trinajstić information content (AvgIpc) is 2.55. The van der Waals surface area contributed by atoms with E-state index in [1.54, 1.807) is 0 Å². The minimum Gasteiger partial charge on any atom is -0.379 e. The largest absolute Gasteiger partial charge is 0.379 e. The summed E-state index contributed by atoms with van der Waals surface area (Å²) in [5, 5.41) is 1.36. The number of benzene rings is 1. The van der Waals surface area contributed by atoms with Gasteiger partial charge in [-0.3, -0.25) is 9.80 Å². The van der Waals surface area contributed by atoms with Crippen molar-refractivity contribution >= 4 is 23.2 Å². The van der Waals surface area contributed by atoms with Gasteiger partial charge in [0.15, 0.2) is 0 Å². The lowest BCUT2D eigenvalue weighted by atomic mass is 10.0. The Kier molecular flexibility index (Phi) is 6.00. The first kappa shape index (κ1) is 16.5. The zero-order valence-corrected chi connectivity index (χ0v) is 14.5. The third kappa shape index (κ3) is 4.15. The van der Waals surface area contributed by atoms with E-state index in [1.165, 1.54) is 19.3 Å². The molecule has 0 unspecified atom stereocenters. The molecule has 5 heteroatoms. The molecule has 0 bridgehead atoms. The molecular weight excluding hydrogens is 319 g/mol. The van der Waals surface area contributed by atoms with E-state index < -0.39 is 0 Å². The van der Waals surface area contributed by atoms with Crippen LogP contribution in [0.25, 0.3) is 0 Å². The van der Waals surface area contributed by atoms with Crippen molar-refractivity contribution < 1.29 is 4.74 Å². The molecule has 2 heterocycles. The van der Waals surface area contributed by atoms with E-state index in [0.29, 0.717) is 16.1 Å². The van der Waals surface area contributed by atoms with Gasteiger partial charge in [0.1, 0.15) is 0 Å².